The van der Waals surface area contributed by atoms with Gasteiger partial charge in [0.1, 0.15) is 5.82 Å². The zero-order chi connectivity index (χ0) is 12.3. The van der Waals surface area contributed by atoms with Crippen molar-refractivity contribution in [2.24, 2.45) is 0 Å². The van der Waals surface area contributed by atoms with Crippen molar-refractivity contribution in [1.29, 1.82) is 0 Å². The first-order chi connectivity index (χ1) is 8.20. The average Bonchev–Trinajstić information content (AvgIpc) is 2.34. The largest absolute Gasteiger partial charge is 0.398 e. The number of halogens is 1. The summed E-state index contributed by atoms with van der Waals surface area (Å²) in [5.74, 6) is -0.297. The molecule has 1 fully saturated rings. The summed E-state index contributed by atoms with van der Waals surface area (Å²) in [4.78, 5) is 2.32. The zero-order valence-corrected chi connectivity index (χ0v) is 10.1. The highest BCUT2D eigenvalue weighted by molar-refractivity contribution is 5.58. The van der Waals surface area contributed by atoms with Crippen LogP contribution in [0, 0.1) is 5.82 Å². The van der Waals surface area contributed by atoms with Crippen LogP contribution in [-0.4, -0.2) is 38.1 Å². The standard InChI is InChI=1S/C12H19FN4/c1-15-12-6-9(11(14)7-10(12)13)8-17-4-2-16-3-5-17/h6-7,15-16H,2-5,8,14H2,1H3. The lowest BCUT2D eigenvalue weighted by Crippen LogP contribution is -2.43. The van der Waals surface area contributed by atoms with Crippen LogP contribution in [0.3, 0.4) is 0 Å². The third kappa shape index (κ3) is 2.87. The van der Waals surface area contributed by atoms with Gasteiger partial charge in [-0.05, 0) is 17.7 Å². The van der Waals surface area contributed by atoms with Crippen LogP contribution in [0.2, 0.25) is 0 Å². The summed E-state index contributed by atoms with van der Waals surface area (Å²) < 4.78 is 13.4. The second-order valence-electron chi connectivity index (χ2n) is 4.31. The summed E-state index contributed by atoms with van der Waals surface area (Å²) in [6, 6.07) is 3.19. The molecular formula is C12H19FN4. The normalized spacial score (nSPS) is 17.1. The van der Waals surface area contributed by atoms with Crippen molar-refractivity contribution < 1.29 is 4.39 Å². The van der Waals surface area contributed by atoms with E-state index in [4.69, 9.17) is 5.73 Å². The molecule has 4 nitrogen and oxygen atoms in total. The Balaban J connectivity index is 2.13. The fraction of sp³-hybridized carbons (Fsp3) is 0.500. The Labute approximate surface area is 101 Å². The Hall–Kier alpha value is -1.33. The molecule has 1 aromatic carbocycles. The molecular weight excluding hydrogens is 219 g/mol. The van der Waals surface area contributed by atoms with E-state index in [1.165, 1.54) is 6.07 Å². The van der Waals surface area contributed by atoms with Gasteiger partial charge in [-0.3, -0.25) is 4.90 Å². The highest BCUT2D eigenvalue weighted by atomic mass is 19.1. The molecule has 0 aromatic heterocycles. The Morgan fingerprint density at radius 2 is 2.12 bits per heavy atom. The van der Waals surface area contributed by atoms with Crippen LogP contribution >= 0.6 is 0 Å². The number of nitrogens with two attached hydrogens (primary N) is 1. The number of hydrogen-bond donors (Lipinski definition) is 3. The Kier molecular flexibility index (Phi) is 3.81. The van der Waals surface area contributed by atoms with Crippen LogP contribution in [0.15, 0.2) is 12.1 Å². The number of nitrogens with zero attached hydrogens (tertiary/aromatic N) is 1. The van der Waals surface area contributed by atoms with Crippen molar-refractivity contribution in [2.45, 2.75) is 6.54 Å². The van der Waals surface area contributed by atoms with Gasteiger partial charge in [-0.2, -0.15) is 0 Å². The second kappa shape index (κ2) is 5.33. The maximum Gasteiger partial charge on any atom is 0.148 e. The van der Waals surface area contributed by atoms with E-state index in [2.05, 4.69) is 15.5 Å². The molecule has 2 rings (SSSR count). The molecule has 0 radical (unpaired) electrons. The first-order valence-corrected chi connectivity index (χ1v) is 5.89. The fourth-order valence-corrected chi connectivity index (χ4v) is 2.07. The zero-order valence-electron chi connectivity index (χ0n) is 10.1. The summed E-state index contributed by atoms with van der Waals surface area (Å²) in [5.41, 5.74) is 7.87. The monoisotopic (exact) mass is 238 g/mol. The molecule has 0 aliphatic carbocycles. The number of anilines is 2. The van der Waals surface area contributed by atoms with E-state index < -0.39 is 0 Å². The molecule has 0 unspecified atom stereocenters. The molecule has 4 N–H and O–H groups in total. The third-order valence-electron chi connectivity index (χ3n) is 3.10. The predicted molar refractivity (Wildman–Crippen MR) is 68.5 cm³/mol. The molecule has 1 saturated heterocycles. The van der Waals surface area contributed by atoms with Gasteiger partial charge in [-0.1, -0.05) is 0 Å². The Morgan fingerprint density at radius 3 is 2.76 bits per heavy atom. The molecule has 5 heteroatoms. The number of rotatable bonds is 3. The summed E-state index contributed by atoms with van der Waals surface area (Å²) in [7, 11) is 1.71. The number of nitrogen functional groups attached to an aromatic ring is 1. The van der Waals surface area contributed by atoms with Crippen molar-refractivity contribution in [3.05, 3.63) is 23.5 Å². The number of hydrogen-bond acceptors (Lipinski definition) is 4. The van der Waals surface area contributed by atoms with Gasteiger partial charge >= 0.3 is 0 Å². The molecule has 0 saturated carbocycles. The first kappa shape index (κ1) is 12.1. The highest BCUT2D eigenvalue weighted by Crippen LogP contribution is 2.23. The van der Waals surface area contributed by atoms with Crippen molar-refractivity contribution in [2.75, 3.05) is 44.3 Å². The third-order valence-corrected chi connectivity index (χ3v) is 3.10. The van der Waals surface area contributed by atoms with Crippen molar-refractivity contribution in [3.8, 4) is 0 Å². The maximum atomic E-state index is 13.4. The summed E-state index contributed by atoms with van der Waals surface area (Å²) in [6.07, 6.45) is 0. The minimum atomic E-state index is -0.297. The van der Waals surface area contributed by atoms with Gasteiger partial charge in [-0.15, -0.1) is 0 Å². The van der Waals surface area contributed by atoms with Gasteiger partial charge in [0.15, 0.2) is 0 Å². The van der Waals surface area contributed by atoms with E-state index in [0.717, 1.165) is 38.3 Å². The number of nitrogens with one attached hydrogen (secondary N) is 2. The fourth-order valence-electron chi connectivity index (χ4n) is 2.07. The van der Waals surface area contributed by atoms with E-state index in [1.807, 2.05) is 0 Å². The minimum absolute atomic E-state index is 0.297. The minimum Gasteiger partial charge on any atom is -0.398 e. The van der Waals surface area contributed by atoms with E-state index in [-0.39, 0.29) is 5.82 Å². The predicted octanol–water partition coefficient (Wildman–Crippen LogP) is 0.855. The SMILES string of the molecule is CNc1cc(CN2CCNCC2)c(N)cc1F. The molecule has 1 aliphatic heterocycles. The van der Waals surface area contributed by atoms with Crippen LogP contribution in [0.5, 0.6) is 0 Å². The summed E-state index contributed by atoms with van der Waals surface area (Å²) >= 11 is 0. The first-order valence-electron chi connectivity index (χ1n) is 5.89. The molecule has 94 valence electrons. The van der Waals surface area contributed by atoms with E-state index in [0.29, 0.717) is 11.4 Å². The van der Waals surface area contributed by atoms with Crippen LogP contribution in [0.4, 0.5) is 15.8 Å². The number of benzene rings is 1. The highest BCUT2D eigenvalue weighted by Gasteiger charge is 2.13. The van der Waals surface area contributed by atoms with Gasteiger partial charge in [0.2, 0.25) is 0 Å². The lowest BCUT2D eigenvalue weighted by atomic mass is 10.1. The smallest absolute Gasteiger partial charge is 0.148 e. The van der Waals surface area contributed by atoms with E-state index >= 15 is 0 Å². The van der Waals surface area contributed by atoms with Crippen molar-refractivity contribution in [3.63, 3.8) is 0 Å². The van der Waals surface area contributed by atoms with Crippen LogP contribution in [-0.2, 0) is 6.54 Å². The number of piperazine rings is 1. The quantitative estimate of drug-likeness (QED) is 0.684. The maximum absolute atomic E-state index is 13.4. The molecule has 1 aliphatic rings. The van der Waals surface area contributed by atoms with Gasteiger partial charge in [0.05, 0.1) is 5.69 Å². The Bertz CT molecular complexity index is 388. The molecule has 1 heterocycles. The molecule has 17 heavy (non-hydrogen) atoms. The molecule has 0 atom stereocenters. The summed E-state index contributed by atoms with van der Waals surface area (Å²) in [5, 5.41) is 6.14. The molecule has 0 spiro atoms. The van der Waals surface area contributed by atoms with Crippen LogP contribution in [0.25, 0.3) is 0 Å². The molecule has 0 bridgehead atoms. The van der Waals surface area contributed by atoms with Gasteiger partial charge < -0.3 is 16.4 Å². The lowest BCUT2D eigenvalue weighted by Gasteiger charge is -2.27. The van der Waals surface area contributed by atoms with Gasteiger partial charge in [0.25, 0.3) is 0 Å². The van der Waals surface area contributed by atoms with Crippen LogP contribution in [0.1, 0.15) is 5.56 Å². The average molecular weight is 238 g/mol. The van der Waals surface area contributed by atoms with Crippen LogP contribution < -0.4 is 16.4 Å². The topological polar surface area (TPSA) is 53.3 Å². The van der Waals surface area contributed by atoms with Crippen molar-refractivity contribution in [1.82, 2.24) is 10.2 Å². The van der Waals surface area contributed by atoms with E-state index in [9.17, 15) is 4.39 Å². The van der Waals surface area contributed by atoms with Crippen molar-refractivity contribution >= 4 is 11.4 Å². The van der Waals surface area contributed by atoms with E-state index in [1.54, 1.807) is 13.1 Å². The van der Waals surface area contributed by atoms with Gasteiger partial charge in [-0.25, -0.2) is 4.39 Å². The second-order valence-corrected chi connectivity index (χ2v) is 4.31. The summed E-state index contributed by atoms with van der Waals surface area (Å²) in [6.45, 7) is 4.79. The Morgan fingerprint density at radius 1 is 1.41 bits per heavy atom. The lowest BCUT2D eigenvalue weighted by molar-refractivity contribution is 0.233. The molecule has 1 aromatic rings. The van der Waals surface area contributed by atoms with Gasteiger partial charge in [0, 0.05) is 45.5 Å². The molecule has 0 amide bonds.